The molecule has 1 saturated heterocycles. The molecule has 0 spiro atoms. The fourth-order valence-electron chi connectivity index (χ4n) is 2.66. The zero-order valence-corrected chi connectivity index (χ0v) is 16.3. The lowest BCUT2D eigenvalue weighted by Crippen LogP contribution is -2.53. The molecule has 0 amide bonds. The van der Waals surface area contributed by atoms with Crippen LogP contribution in [0.1, 0.15) is 6.92 Å². The Morgan fingerprint density at radius 1 is 1.24 bits per heavy atom. The van der Waals surface area contributed by atoms with E-state index in [9.17, 15) is 8.42 Å². The lowest BCUT2D eigenvalue weighted by Gasteiger charge is -2.37. The fourth-order valence-corrected chi connectivity index (χ4v) is 3.47. The summed E-state index contributed by atoms with van der Waals surface area (Å²) in [6.07, 6.45) is 0. The molecule has 0 radical (unpaired) electrons. The second-order valence-corrected chi connectivity index (χ2v) is 8.26. The molecular weight excluding hydrogens is 362 g/mol. The number of hydrogen-bond donors (Lipinski definition) is 2. The van der Waals surface area contributed by atoms with Gasteiger partial charge in [-0.05, 0) is 25.1 Å². The van der Waals surface area contributed by atoms with Gasteiger partial charge in [0.2, 0.25) is 10.0 Å². The number of sulfonamides is 1. The van der Waals surface area contributed by atoms with Gasteiger partial charge in [-0.3, -0.25) is 4.99 Å². The quantitative estimate of drug-likeness (QED) is 0.432. The maximum Gasteiger partial charge on any atom is 0.211 e. The predicted molar refractivity (Wildman–Crippen MR) is 104 cm³/mol. The molecule has 2 rings (SSSR count). The molecule has 2 N–H and O–H groups in total. The minimum atomic E-state index is -3.15. The molecule has 1 fully saturated rings. The average molecular weight is 388 g/mol. The van der Waals surface area contributed by atoms with Crippen molar-refractivity contribution in [1.82, 2.24) is 14.9 Å². The number of aliphatic imine (C=N–C) groups is 1. The summed E-state index contributed by atoms with van der Waals surface area (Å²) in [5.41, 5.74) is 1.13. The Bertz CT molecular complexity index is 688. The Morgan fingerprint density at radius 3 is 2.56 bits per heavy atom. The van der Waals surface area contributed by atoms with Crippen molar-refractivity contribution in [3.8, 4) is 0 Å². The first-order valence-corrected chi connectivity index (χ1v) is 10.4. The van der Waals surface area contributed by atoms with Gasteiger partial charge < -0.3 is 15.1 Å². The summed E-state index contributed by atoms with van der Waals surface area (Å²) >= 11 is 6.06. The summed E-state index contributed by atoms with van der Waals surface area (Å²) in [6.45, 7) is 5.90. The van der Waals surface area contributed by atoms with E-state index in [1.54, 1.807) is 14.0 Å². The molecule has 25 heavy (non-hydrogen) atoms. The zero-order chi connectivity index (χ0) is 18.3. The lowest BCUT2D eigenvalue weighted by molar-refractivity contribution is 0.373. The van der Waals surface area contributed by atoms with Gasteiger partial charge in [-0.25, -0.2) is 13.1 Å². The standard InChI is InChI=1S/C16H26ClN5O2S/c1-3-25(23,24)20-8-7-19-16(18-2)22-11-9-21(10-12-22)15-6-4-5-14(17)13-15/h4-6,13,20H,3,7-12H2,1-2H3,(H,18,19). The van der Waals surface area contributed by atoms with Crippen LogP contribution in [0, 0.1) is 0 Å². The van der Waals surface area contributed by atoms with E-state index in [-0.39, 0.29) is 5.75 Å². The van der Waals surface area contributed by atoms with E-state index in [0.717, 1.165) is 42.8 Å². The summed E-state index contributed by atoms with van der Waals surface area (Å²) < 4.78 is 25.4. The highest BCUT2D eigenvalue weighted by atomic mass is 35.5. The highest BCUT2D eigenvalue weighted by Crippen LogP contribution is 2.20. The molecule has 1 heterocycles. The summed E-state index contributed by atoms with van der Waals surface area (Å²) in [5, 5.41) is 3.95. The molecule has 1 aromatic carbocycles. The Kier molecular flexibility index (Phi) is 7.34. The molecule has 0 aliphatic carbocycles. The Morgan fingerprint density at radius 2 is 1.96 bits per heavy atom. The van der Waals surface area contributed by atoms with E-state index in [4.69, 9.17) is 11.6 Å². The summed E-state index contributed by atoms with van der Waals surface area (Å²) in [6, 6.07) is 7.88. The molecule has 0 aromatic heterocycles. The lowest BCUT2D eigenvalue weighted by atomic mass is 10.2. The number of rotatable bonds is 6. The second-order valence-electron chi connectivity index (χ2n) is 5.73. The number of hydrogen-bond acceptors (Lipinski definition) is 4. The van der Waals surface area contributed by atoms with Crippen LogP contribution in [0.4, 0.5) is 5.69 Å². The van der Waals surface area contributed by atoms with Crippen molar-refractivity contribution < 1.29 is 8.42 Å². The highest BCUT2D eigenvalue weighted by molar-refractivity contribution is 7.89. The molecular formula is C16H26ClN5O2S. The number of guanidine groups is 1. The van der Waals surface area contributed by atoms with Gasteiger partial charge in [0.15, 0.2) is 5.96 Å². The normalized spacial score (nSPS) is 16.2. The van der Waals surface area contributed by atoms with Gasteiger partial charge in [-0.2, -0.15) is 0 Å². The molecule has 140 valence electrons. The highest BCUT2D eigenvalue weighted by Gasteiger charge is 2.19. The maximum atomic E-state index is 11.4. The minimum absolute atomic E-state index is 0.0905. The third-order valence-corrected chi connectivity index (χ3v) is 5.71. The van der Waals surface area contributed by atoms with Crippen molar-refractivity contribution in [2.24, 2.45) is 4.99 Å². The van der Waals surface area contributed by atoms with Crippen LogP contribution < -0.4 is 14.9 Å². The van der Waals surface area contributed by atoms with Crippen molar-refractivity contribution in [3.05, 3.63) is 29.3 Å². The van der Waals surface area contributed by atoms with Crippen LogP contribution in [-0.2, 0) is 10.0 Å². The van der Waals surface area contributed by atoms with Crippen LogP contribution in [0.5, 0.6) is 0 Å². The molecule has 1 aliphatic heterocycles. The molecule has 0 saturated carbocycles. The van der Waals surface area contributed by atoms with Gasteiger partial charge in [-0.15, -0.1) is 0 Å². The largest absolute Gasteiger partial charge is 0.368 e. The third-order valence-electron chi connectivity index (χ3n) is 4.07. The van der Waals surface area contributed by atoms with Crippen LogP contribution in [0.3, 0.4) is 0 Å². The van der Waals surface area contributed by atoms with E-state index in [0.29, 0.717) is 13.1 Å². The van der Waals surface area contributed by atoms with Gasteiger partial charge >= 0.3 is 0 Å². The van der Waals surface area contributed by atoms with Gasteiger partial charge in [0.05, 0.1) is 5.75 Å². The number of piperazine rings is 1. The van der Waals surface area contributed by atoms with Gasteiger partial charge in [-0.1, -0.05) is 17.7 Å². The SMILES string of the molecule is CCS(=O)(=O)NCCNC(=NC)N1CCN(c2cccc(Cl)c2)CC1. The summed E-state index contributed by atoms with van der Waals surface area (Å²) in [5.74, 6) is 0.883. The summed E-state index contributed by atoms with van der Waals surface area (Å²) in [7, 11) is -1.41. The topological polar surface area (TPSA) is 77.0 Å². The van der Waals surface area contributed by atoms with Crippen molar-refractivity contribution >= 4 is 33.3 Å². The number of nitrogens with zero attached hydrogens (tertiary/aromatic N) is 3. The van der Waals surface area contributed by atoms with Crippen molar-refractivity contribution in [3.63, 3.8) is 0 Å². The maximum absolute atomic E-state index is 11.4. The Balaban J connectivity index is 1.80. The molecule has 7 nitrogen and oxygen atoms in total. The Hall–Kier alpha value is -1.51. The molecule has 1 aromatic rings. The smallest absolute Gasteiger partial charge is 0.211 e. The van der Waals surface area contributed by atoms with Gasteiger partial charge in [0.1, 0.15) is 0 Å². The monoisotopic (exact) mass is 387 g/mol. The van der Waals surface area contributed by atoms with E-state index in [2.05, 4.69) is 30.9 Å². The van der Waals surface area contributed by atoms with E-state index >= 15 is 0 Å². The first-order valence-electron chi connectivity index (χ1n) is 8.38. The fraction of sp³-hybridized carbons (Fsp3) is 0.562. The zero-order valence-electron chi connectivity index (χ0n) is 14.7. The molecule has 0 unspecified atom stereocenters. The van der Waals surface area contributed by atoms with Crippen molar-refractivity contribution in [1.29, 1.82) is 0 Å². The van der Waals surface area contributed by atoms with Crippen molar-refractivity contribution in [2.75, 3.05) is 57.0 Å². The summed E-state index contributed by atoms with van der Waals surface area (Å²) in [4.78, 5) is 8.76. The van der Waals surface area contributed by atoms with Crippen molar-refractivity contribution in [2.45, 2.75) is 6.92 Å². The van der Waals surface area contributed by atoms with Crippen LogP contribution in [0.25, 0.3) is 0 Å². The second kappa shape index (κ2) is 9.26. The molecule has 0 bridgehead atoms. The predicted octanol–water partition coefficient (Wildman–Crippen LogP) is 0.977. The van der Waals surface area contributed by atoms with Gasteiger partial charge in [0.25, 0.3) is 0 Å². The van der Waals surface area contributed by atoms with Crippen LogP contribution >= 0.6 is 11.6 Å². The average Bonchev–Trinajstić information content (AvgIpc) is 2.62. The van der Waals surface area contributed by atoms with Crippen LogP contribution in [0.15, 0.2) is 29.3 Å². The number of anilines is 1. The first-order chi connectivity index (χ1) is 11.9. The molecule has 9 heteroatoms. The number of halogens is 1. The molecule has 0 atom stereocenters. The van der Waals surface area contributed by atoms with Crippen LogP contribution in [-0.4, -0.2) is 71.3 Å². The first kappa shape index (κ1) is 19.8. The molecule has 1 aliphatic rings. The van der Waals surface area contributed by atoms with E-state index < -0.39 is 10.0 Å². The number of nitrogens with one attached hydrogen (secondary N) is 2. The van der Waals surface area contributed by atoms with Gasteiger partial charge in [0, 0.05) is 57.0 Å². The minimum Gasteiger partial charge on any atom is -0.368 e. The third kappa shape index (κ3) is 6.05. The van der Waals surface area contributed by atoms with E-state index in [1.807, 2.05) is 18.2 Å². The van der Waals surface area contributed by atoms with E-state index in [1.165, 1.54) is 0 Å². The number of benzene rings is 1. The van der Waals surface area contributed by atoms with Crippen LogP contribution in [0.2, 0.25) is 5.02 Å². The Labute approximate surface area is 155 Å².